The predicted molar refractivity (Wildman–Crippen MR) is 125 cm³/mol. The van der Waals surface area contributed by atoms with Crippen LogP contribution in [0.5, 0.6) is 0 Å². The van der Waals surface area contributed by atoms with E-state index in [0.29, 0.717) is 27.6 Å². The number of carbonyl (C=O) groups is 1. The average Bonchev–Trinajstić information content (AvgIpc) is 3.19. The van der Waals surface area contributed by atoms with Crippen LogP contribution in [-0.2, 0) is 11.3 Å². The molecular weight excluding hydrogens is 433 g/mol. The first-order chi connectivity index (χ1) is 15.0. The van der Waals surface area contributed by atoms with Crippen molar-refractivity contribution in [3.8, 4) is 11.1 Å². The predicted octanol–water partition coefficient (Wildman–Crippen LogP) is 5.32. The SMILES string of the molecule is CCn1c(SCC(=O)Nc2ccc(F)cc2)nc2c(-c3ccc(C)cc3)csc2c1=O. The van der Waals surface area contributed by atoms with Crippen molar-refractivity contribution in [2.45, 2.75) is 25.5 Å². The second-order valence-electron chi connectivity index (χ2n) is 6.98. The van der Waals surface area contributed by atoms with Crippen LogP contribution in [0.15, 0.2) is 63.9 Å². The summed E-state index contributed by atoms with van der Waals surface area (Å²) >= 11 is 2.60. The third kappa shape index (κ3) is 4.55. The third-order valence-corrected chi connectivity index (χ3v) is 6.72. The Morgan fingerprint density at radius 1 is 1.16 bits per heavy atom. The number of halogens is 1. The first-order valence-electron chi connectivity index (χ1n) is 9.73. The number of thioether (sulfide) groups is 1. The van der Waals surface area contributed by atoms with Crippen LogP contribution in [0.25, 0.3) is 21.3 Å². The Hall–Kier alpha value is -2.97. The molecule has 5 nitrogen and oxygen atoms in total. The van der Waals surface area contributed by atoms with Gasteiger partial charge in [0, 0.05) is 23.2 Å². The van der Waals surface area contributed by atoms with E-state index >= 15 is 0 Å². The Morgan fingerprint density at radius 3 is 2.55 bits per heavy atom. The van der Waals surface area contributed by atoms with Gasteiger partial charge in [0.05, 0.1) is 11.3 Å². The second-order valence-corrected chi connectivity index (χ2v) is 8.80. The Kier molecular flexibility index (Phi) is 6.20. The molecule has 31 heavy (non-hydrogen) atoms. The summed E-state index contributed by atoms with van der Waals surface area (Å²) < 4.78 is 15.2. The lowest BCUT2D eigenvalue weighted by atomic mass is 10.1. The topological polar surface area (TPSA) is 64.0 Å². The number of hydrogen-bond acceptors (Lipinski definition) is 5. The van der Waals surface area contributed by atoms with Gasteiger partial charge in [-0.15, -0.1) is 11.3 Å². The molecule has 158 valence electrons. The van der Waals surface area contributed by atoms with Gasteiger partial charge in [0.25, 0.3) is 5.56 Å². The van der Waals surface area contributed by atoms with Crippen molar-refractivity contribution >= 4 is 44.9 Å². The number of nitrogens with one attached hydrogen (secondary N) is 1. The average molecular weight is 454 g/mol. The quantitative estimate of drug-likeness (QED) is 0.317. The molecule has 4 aromatic rings. The molecule has 0 fully saturated rings. The van der Waals surface area contributed by atoms with E-state index in [-0.39, 0.29) is 23.0 Å². The third-order valence-electron chi connectivity index (χ3n) is 4.78. The number of aryl methyl sites for hydroxylation is 1. The minimum atomic E-state index is -0.364. The van der Waals surface area contributed by atoms with Crippen LogP contribution in [-0.4, -0.2) is 21.2 Å². The van der Waals surface area contributed by atoms with Crippen LogP contribution in [0.4, 0.5) is 10.1 Å². The molecule has 0 aliphatic carbocycles. The molecule has 0 atom stereocenters. The van der Waals surface area contributed by atoms with Gasteiger partial charge in [-0.05, 0) is 43.7 Å². The van der Waals surface area contributed by atoms with Crippen LogP contribution in [0, 0.1) is 12.7 Å². The van der Waals surface area contributed by atoms with E-state index in [4.69, 9.17) is 4.98 Å². The van der Waals surface area contributed by atoms with Crippen molar-refractivity contribution in [3.05, 3.63) is 75.6 Å². The lowest BCUT2D eigenvalue weighted by Crippen LogP contribution is -2.22. The Labute approximate surface area is 187 Å². The van der Waals surface area contributed by atoms with E-state index < -0.39 is 0 Å². The molecule has 0 saturated heterocycles. The van der Waals surface area contributed by atoms with Gasteiger partial charge >= 0.3 is 0 Å². The summed E-state index contributed by atoms with van der Waals surface area (Å²) in [6.07, 6.45) is 0. The molecule has 0 saturated carbocycles. The molecule has 1 amide bonds. The number of nitrogens with zero attached hydrogens (tertiary/aromatic N) is 2. The molecule has 2 heterocycles. The van der Waals surface area contributed by atoms with E-state index in [1.54, 1.807) is 4.57 Å². The molecule has 1 N–H and O–H groups in total. The van der Waals surface area contributed by atoms with Crippen LogP contribution >= 0.6 is 23.1 Å². The first kappa shape index (κ1) is 21.3. The van der Waals surface area contributed by atoms with Gasteiger partial charge in [-0.2, -0.15) is 0 Å². The number of aromatic nitrogens is 2. The van der Waals surface area contributed by atoms with E-state index in [1.165, 1.54) is 47.4 Å². The molecule has 4 rings (SSSR count). The fraction of sp³-hybridized carbons (Fsp3) is 0.174. The zero-order chi connectivity index (χ0) is 22.0. The zero-order valence-corrected chi connectivity index (χ0v) is 18.6. The smallest absolute Gasteiger partial charge is 0.272 e. The second kappa shape index (κ2) is 9.03. The maximum Gasteiger partial charge on any atom is 0.272 e. The number of carbonyl (C=O) groups excluding carboxylic acids is 1. The minimum Gasteiger partial charge on any atom is -0.325 e. The van der Waals surface area contributed by atoms with Gasteiger partial charge in [0.15, 0.2) is 5.16 Å². The van der Waals surface area contributed by atoms with Crippen LogP contribution in [0.3, 0.4) is 0 Å². The van der Waals surface area contributed by atoms with E-state index in [1.807, 2.05) is 43.5 Å². The molecule has 0 radical (unpaired) electrons. The number of amides is 1. The number of hydrogen-bond donors (Lipinski definition) is 1. The molecule has 2 aromatic carbocycles. The summed E-state index contributed by atoms with van der Waals surface area (Å²) in [5.74, 6) is -0.533. The van der Waals surface area contributed by atoms with Gasteiger partial charge in [-0.3, -0.25) is 14.2 Å². The summed E-state index contributed by atoms with van der Waals surface area (Å²) in [6.45, 7) is 4.37. The van der Waals surface area contributed by atoms with Gasteiger partial charge in [0.1, 0.15) is 10.5 Å². The highest BCUT2D eigenvalue weighted by molar-refractivity contribution is 7.99. The number of fused-ring (bicyclic) bond motifs is 1. The Balaban J connectivity index is 1.62. The fourth-order valence-electron chi connectivity index (χ4n) is 3.17. The highest BCUT2D eigenvalue weighted by atomic mass is 32.2. The van der Waals surface area contributed by atoms with Gasteiger partial charge in [0.2, 0.25) is 5.91 Å². The Morgan fingerprint density at radius 2 is 1.87 bits per heavy atom. The molecule has 0 spiro atoms. The summed E-state index contributed by atoms with van der Waals surface area (Å²) in [5, 5.41) is 5.19. The number of rotatable bonds is 6. The first-order valence-corrected chi connectivity index (χ1v) is 11.6. The van der Waals surface area contributed by atoms with Gasteiger partial charge < -0.3 is 5.32 Å². The molecular formula is C23H20FN3O2S2. The maximum atomic E-state index is 13.0. The van der Waals surface area contributed by atoms with Crippen LogP contribution in [0.1, 0.15) is 12.5 Å². The molecule has 0 aliphatic rings. The molecule has 2 aromatic heterocycles. The molecule has 8 heteroatoms. The number of anilines is 1. The standard InChI is InChI=1S/C23H20FN3O2S2/c1-3-27-22(29)21-20(18(12-30-21)15-6-4-14(2)5-7-15)26-23(27)31-13-19(28)25-17-10-8-16(24)9-11-17/h4-12H,3,13H2,1-2H3,(H,25,28). The van der Waals surface area contributed by atoms with E-state index in [0.717, 1.165) is 16.7 Å². The molecule has 0 aliphatic heterocycles. The van der Waals surface area contributed by atoms with Crippen LogP contribution < -0.4 is 10.9 Å². The minimum absolute atomic E-state index is 0.0827. The highest BCUT2D eigenvalue weighted by Crippen LogP contribution is 2.32. The normalized spacial score (nSPS) is 11.1. The summed E-state index contributed by atoms with van der Waals surface area (Å²) in [4.78, 5) is 30.1. The van der Waals surface area contributed by atoms with Crippen molar-refractivity contribution in [2.24, 2.45) is 0 Å². The lowest BCUT2D eigenvalue weighted by molar-refractivity contribution is -0.113. The summed E-state index contributed by atoms with van der Waals surface area (Å²) in [5.41, 5.74) is 4.15. The van der Waals surface area contributed by atoms with Crippen molar-refractivity contribution in [1.82, 2.24) is 9.55 Å². The number of thiophene rings is 1. The summed E-state index contributed by atoms with van der Waals surface area (Å²) in [7, 11) is 0. The lowest BCUT2D eigenvalue weighted by Gasteiger charge is -2.11. The monoisotopic (exact) mass is 453 g/mol. The van der Waals surface area contributed by atoms with Crippen molar-refractivity contribution in [1.29, 1.82) is 0 Å². The maximum absolute atomic E-state index is 13.0. The van der Waals surface area contributed by atoms with Gasteiger partial charge in [-0.1, -0.05) is 41.6 Å². The fourth-order valence-corrected chi connectivity index (χ4v) is 4.98. The zero-order valence-electron chi connectivity index (χ0n) is 17.0. The van der Waals surface area contributed by atoms with E-state index in [2.05, 4.69) is 5.32 Å². The van der Waals surface area contributed by atoms with Gasteiger partial charge in [-0.25, -0.2) is 9.37 Å². The Bertz CT molecular complexity index is 1300. The van der Waals surface area contributed by atoms with Crippen LogP contribution in [0.2, 0.25) is 0 Å². The number of benzene rings is 2. The van der Waals surface area contributed by atoms with Crippen molar-refractivity contribution < 1.29 is 9.18 Å². The highest BCUT2D eigenvalue weighted by Gasteiger charge is 2.17. The van der Waals surface area contributed by atoms with Crippen molar-refractivity contribution in [3.63, 3.8) is 0 Å². The molecule has 0 unspecified atom stereocenters. The molecule has 0 bridgehead atoms. The van der Waals surface area contributed by atoms with Crippen molar-refractivity contribution in [2.75, 3.05) is 11.1 Å². The largest absolute Gasteiger partial charge is 0.325 e. The summed E-state index contributed by atoms with van der Waals surface area (Å²) in [6, 6.07) is 13.7. The van der Waals surface area contributed by atoms with E-state index in [9.17, 15) is 14.0 Å².